The van der Waals surface area contributed by atoms with Crippen LogP contribution in [0.2, 0.25) is 0 Å². The first kappa shape index (κ1) is 19.1. The highest BCUT2D eigenvalue weighted by Gasteiger charge is 2.18. The molecule has 6 nitrogen and oxygen atoms in total. The molecule has 1 aromatic heterocycles. The second-order valence-corrected chi connectivity index (χ2v) is 7.43. The van der Waals surface area contributed by atoms with Gasteiger partial charge in [0.15, 0.2) is 11.6 Å². The van der Waals surface area contributed by atoms with Gasteiger partial charge in [-0.05, 0) is 55.7 Å². The van der Waals surface area contributed by atoms with E-state index in [0.29, 0.717) is 11.4 Å². The molecule has 0 bridgehead atoms. The number of hydrogen-bond acceptors (Lipinski definition) is 5. The number of aromatic nitrogens is 2. The van der Waals surface area contributed by atoms with E-state index >= 15 is 0 Å². The van der Waals surface area contributed by atoms with Crippen molar-refractivity contribution in [3.05, 3.63) is 41.7 Å². The molecule has 25 heavy (non-hydrogen) atoms. The summed E-state index contributed by atoms with van der Waals surface area (Å²) in [5.74, 6) is 0.359. The highest BCUT2D eigenvalue weighted by Crippen LogP contribution is 2.20. The Kier molecular flexibility index (Phi) is 6.30. The molecule has 0 radical (unpaired) electrons. The maximum absolute atomic E-state index is 13.2. The SMILES string of the molecule is CCCN(CCC)c1ccc(NS(=O)(=O)c2ccc(F)cc2C)nn1. The Morgan fingerprint density at radius 2 is 1.76 bits per heavy atom. The number of anilines is 2. The summed E-state index contributed by atoms with van der Waals surface area (Å²) in [5, 5.41) is 8.09. The summed E-state index contributed by atoms with van der Waals surface area (Å²) in [6.45, 7) is 7.44. The summed E-state index contributed by atoms with van der Waals surface area (Å²) < 4.78 is 40.4. The molecule has 136 valence electrons. The molecule has 2 rings (SSSR count). The largest absolute Gasteiger partial charge is 0.355 e. The van der Waals surface area contributed by atoms with Crippen molar-refractivity contribution in [2.75, 3.05) is 22.7 Å². The second kappa shape index (κ2) is 8.24. The lowest BCUT2D eigenvalue weighted by Gasteiger charge is -2.21. The molecule has 0 aliphatic rings. The summed E-state index contributed by atoms with van der Waals surface area (Å²) in [6.07, 6.45) is 1.97. The fourth-order valence-corrected chi connectivity index (χ4v) is 3.76. The number of halogens is 1. The van der Waals surface area contributed by atoms with Crippen molar-refractivity contribution in [3.63, 3.8) is 0 Å². The quantitative estimate of drug-likeness (QED) is 0.775. The van der Waals surface area contributed by atoms with Crippen LogP contribution in [0.25, 0.3) is 0 Å². The standard InChI is InChI=1S/C17H23FN4O2S/c1-4-10-22(11-5-2)17-9-8-16(19-20-17)21-25(23,24)15-7-6-14(18)12-13(15)3/h6-9,12H,4-5,10-11H2,1-3H3,(H,19,21). The molecule has 0 aliphatic heterocycles. The van der Waals surface area contributed by atoms with Crippen molar-refractivity contribution in [2.45, 2.75) is 38.5 Å². The molecule has 0 atom stereocenters. The van der Waals surface area contributed by atoms with Gasteiger partial charge in [0.2, 0.25) is 0 Å². The predicted molar refractivity (Wildman–Crippen MR) is 96.8 cm³/mol. The van der Waals surface area contributed by atoms with Crippen LogP contribution in [0.1, 0.15) is 32.3 Å². The van der Waals surface area contributed by atoms with Crippen molar-refractivity contribution < 1.29 is 12.8 Å². The summed E-state index contributed by atoms with van der Waals surface area (Å²) >= 11 is 0. The Balaban J connectivity index is 2.19. The first-order valence-electron chi connectivity index (χ1n) is 8.25. The maximum atomic E-state index is 13.2. The van der Waals surface area contributed by atoms with Gasteiger partial charge in [0, 0.05) is 13.1 Å². The molecule has 0 unspecified atom stereocenters. The van der Waals surface area contributed by atoms with E-state index in [0.717, 1.165) is 32.0 Å². The number of nitrogens with zero attached hydrogens (tertiary/aromatic N) is 3. The molecule has 1 N–H and O–H groups in total. The topological polar surface area (TPSA) is 75.2 Å². The van der Waals surface area contributed by atoms with Crippen molar-refractivity contribution >= 4 is 21.7 Å². The van der Waals surface area contributed by atoms with Crippen molar-refractivity contribution in [1.82, 2.24) is 10.2 Å². The molecule has 0 fully saturated rings. The smallest absolute Gasteiger partial charge is 0.263 e. The number of hydrogen-bond donors (Lipinski definition) is 1. The Labute approximate surface area is 148 Å². The number of sulfonamides is 1. The van der Waals surface area contributed by atoms with Crippen LogP contribution in [0.4, 0.5) is 16.0 Å². The number of nitrogens with one attached hydrogen (secondary N) is 1. The molecule has 8 heteroatoms. The number of benzene rings is 1. The average Bonchev–Trinajstić information content (AvgIpc) is 2.54. The van der Waals surface area contributed by atoms with Crippen molar-refractivity contribution in [1.29, 1.82) is 0 Å². The third kappa shape index (κ3) is 4.88. The first-order valence-corrected chi connectivity index (χ1v) is 9.73. The van der Waals surface area contributed by atoms with E-state index in [2.05, 4.69) is 33.7 Å². The monoisotopic (exact) mass is 366 g/mol. The van der Waals surface area contributed by atoms with Gasteiger partial charge in [0.1, 0.15) is 5.82 Å². The van der Waals surface area contributed by atoms with E-state index < -0.39 is 15.8 Å². The lowest BCUT2D eigenvalue weighted by atomic mass is 10.2. The van der Waals surface area contributed by atoms with Crippen LogP contribution in [-0.2, 0) is 10.0 Å². The minimum atomic E-state index is -3.85. The minimum Gasteiger partial charge on any atom is -0.355 e. The van der Waals surface area contributed by atoms with E-state index in [-0.39, 0.29) is 10.7 Å². The number of aryl methyl sites for hydroxylation is 1. The van der Waals surface area contributed by atoms with Gasteiger partial charge in [0.25, 0.3) is 10.0 Å². The third-order valence-electron chi connectivity index (χ3n) is 3.63. The lowest BCUT2D eigenvalue weighted by Crippen LogP contribution is -2.26. The van der Waals surface area contributed by atoms with Crippen molar-refractivity contribution in [3.8, 4) is 0 Å². The van der Waals surface area contributed by atoms with Gasteiger partial charge >= 0.3 is 0 Å². The van der Waals surface area contributed by atoms with E-state index in [1.54, 1.807) is 19.1 Å². The molecule has 0 saturated heterocycles. The Morgan fingerprint density at radius 3 is 2.28 bits per heavy atom. The van der Waals surface area contributed by atoms with Crippen molar-refractivity contribution in [2.24, 2.45) is 0 Å². The summed E-state index contributed by atoms with van der Waals surface area (Å²) in [6, 6.07) is 6.85. The average molecular weight is 366 g/mol. The van der Waals surface area contributed by atoms with Gasteiger partial charge in [-0.2, -0.15) is 0 Å². The predicted octanol–water partition coefficient (Wildman–Crippen LogP) is 3.35. The number of rotatable bonds is 8. The zero-order chi connectivity index (χ0) is 18.4. The zero-order valence-corrected chi connectivity index (χ0v) is 15.5. The van der Waals surface area contributed by atoms with Gasteiger partial charge in [-0.3, -0.25) is 4.72 Å². The van der Waals surface area contributed by atoms with E-state index in [9.17, 15) is 12.8 Å². The molecule has 0 amide bonds. The second-order valence-electron chi connectivity index (χ2n) is 5.78. The van der Waals surface area contributed by atoms with E-state index in [1.807, 2.05) is 0 Å². The molecular weight excluding hydrogens is 343 g/mol. The Hall–Kier alpha value is -2.22. The molecule has 1 aromatic carbocycles. The van der Waals surface area contributed by atoms with Crippen LogP contribution in [-0.4, -0.2) is 31.7 Å². The van der Waals surface area contributed by atoms with Crippen LogP contribution < -0.4 is 9.62 Å². The summed E-state index contributed by atoms with van der Waals surface area (Å²) in [4.78, 5) is 2.12. The van der Waals surface area contributed by atoms with Gasteiger partial charge in [-0.25, -0.2) is 12.8 Å². The highest BCUT2D eigenvalue weighted by molar-refractivity contribution is 7.92. The molecule has 2 aromatic rings. The van der Waals surface area contributed by atoms with Gasteiger partial charge in [0.05, 0.1) is 4.90 Å². The molecule has 1 heterocycles. The van der Waals surface area contributed by atoms with Crippen LogP contribution in [0.5, 0.6) is 0 Å². The Morgan fingerprint density at radius 1 is 1.08 bits per heavy atom. The summed E-state index contributed by atoms with van der Waals surface area (Å²) in [7, 11) is -3.85. The van der Waals surface area contributed by atoms with Crippen LogP contribution in [0.15, 0.2) is 35.2 Å². The van der Waals surface area contributed by atoms with Crippen LogP contribution in [0.3, 0.4) is 0 Å². The fraction of sp³-hybridized carbons (Fsp3) is 0.412. The van der Waals surface area contributed by atoms with E-state index in [4.69, 9.17) is 0 Å². The molecule has 0 aliphatic carbocycles. The van der Waals surface area contributed by atoms with E-state index in [1.165, 1.54) is 12.1 Å². The third-order valence-corrected chi connectivity index (χ3v) is 5.14. The molecule has 0 spiro atoms. The Bertz CT molecular complexity index is 804. The van der Waals surface area contributed by atoms with Gasteiger partial charge in [-0.1, -0.05) is 13.8 Å². The highest BCUT2D eigenvalue weighted by atomic mass is 32.2. The zero-order valence-electron chi connectivity index (χ0n) is 14.7. The molecular formula is C17H23FN4O2S. The van der Waals surface area contributed by atoms with Crippen LogP contribution >= 0.6 is 0 Å². The van der Waals surface area contributed by atoms with Gasteiger partial charge in [-0.15, -0.1) is 10.2 Å². The summed E-state index contributed by atoms with van der Waals surface area (Å²) in [5.41, 5.74) is 0.328. The first-order chi connectivity index (χ1) is 11.9. The maximum Gasteiger partial charge on any atom is 0.263 e. The normalized spacial score (nSPS) is 11.4. The fourth-order valence-electron chi connectivity index (χ4n) is 2.54. The van der Waals surface area contributed by atoms with Crippen LogP contribution in [0, 0.1) is 12.7 Å². The van der Waals surface area contributed by atoms with Gasteiger partial charge < -0.3 is 4.90 Å². The molecule has 0 saturated carbocycles. The minimum absolute atomic E-state index is 0.0124. The lowest BCUT2D eigenvalue weighted by molar-refractivity contribution is 0.598.